The van der Waals surface area contributed by atoms with Crippen LogP contribution < -0.4 is 29.6 Å². The molecule has 2 aromatic carbocycles. The second-order valence-corrected chi connectivity index (χ2v) is 8.11. The van der Waals surface area contributed by atoms with Crippen molar-refractivity contribution in [1.82, 2.24) is 20.6 Å². The lowest BCUT2D eigenvalue weighted by atomic mass is 10.0. The fraction of sp³-hybridized carbons (Fsp3) is 0.417. The number of methoxy groups -OCH3 is 1. The van der Waals surface area contributed by atoms with Gasteiger partial charge in [0, 0.05) is 25.2 Å². The Balaban J connectivity index is 1.10. The highest BCUT2D eigenvalue weighted by molar-refractivity contribution is 5.84. The molecule has 0 amide bonds. The van der Waals surface area contributed by atoms with Gasteiger partial charge in [0.25, 0.3) is 0 Å². The maximum Gasteiger partial charge on any atom is 0.224 e. The third kappa shape index (κ3) is 4.71. The largest absolute Gasteiger partial charge is 0.497 e. The fourth-order valence-electron chi connectivity index (χ4n) is 4.13. The first-order valence-corrected chi connectivity index (χ1v) is 11.1. The van der Waals surface area contributed by atoms with E-state index >= 15 is 0 Å². The third-order valence-electron chi connectivity index (χ3n) is 5.95. The van der Waals surface area contributed by atoms with Crippen molar-refractivity contribution in [3.8, 4) is 23.1 Å². The Morgan fingerprint density at radius 1 is 1.06 bits per heavy atom. The highest BCUT2D eigenvalue weighted by atomic mass is 16.6. The van der Waals surface area contributed by atoms with Gasteiger partial charge >= 0.3 is 0 Å². The third-order valence-corrected chi connectivity index (χ3v) is 5.95. The summed E-state index contributed by atoms with van der Waals surface area (Å²) in [6.45, 7) is 3.50. The van der Waals surface area contributed by atoms with Crippen molar-refractivity contribution in [2.45, 2.75) is 31.5 Å². The average Bonchev–Trinajstić information content (AvgIpc) is 2.86. The Morgan fingerprint density at radius 2 is 1.97 bits per heavy atom. The van der Waals surface area contributed by atoms with Crippen molar-refractivity contribution >= 4 is 10.9 Å². The summed E-state index contributed by atoms with van der Waals surface area (Å²) in [7, 11) is 1.65. The first-order valence-electron chi connectivity index (χ1n) is 11.1. The molecule has 0 bridgehead atoms. The number of piperidine rings is 1. The molecule has 0 unspecified atom stereocenters. The van der Waals surface area contributed by atoms with Crippen LogP contribution in [0.15, 0.2) is 42.7 Å². The minimum atomic E-state index is 0.290. The molecule has 1 fully saturated rings. The lowest BCUT2D eigenvalue weighted by Gasteiger charge is -2.30. The maximum atomic E-state index is 6.06. The second kappa shape index (κ2) is 9.58. The zero-order valence-electron chi connectivity index (χ0n) is 18.2. The number of aromatic nitrogens is 2. The van der Waals surface area contributed by atoms with Crippen LogP contribution in [-0.4, -0.2) is 55.5 Å². The molecule has 2 atom stereocenters. The second-order valence-electron chi connectivity index (χ2n) is 8.11. The van der Waals surface area contributed by atoms with Gasteiger partial charge in [-0.15, -0.1) is 0 Å². The molecule has 1 saturated heterocycles. The first kappa shape index (κ1) is 20.8. The predicted octanol–water partition coefficient (Wildman–Crippen LogP) is 2.70. The quantitative estimate of drug-likeness (QED) is 0.585. The summed E-state index contributed by atoms with van der Waals surface area (Å²) in [5.41, 5.74) is 2.04. The SMILES string of the molecule is COc1ccc2ncnc(OC[C@H]3CC[C@H](NCc4ccc5c(c4)OCCO5)CN3)c2c1. The molecule has 3 aromatic rings. The van der Waals surface area contributed by atoms with Gasteiger partial charge in [-0.3, -0.25) is 0 Å². The Hall–Kier alpha value is -3.10. The smallest absolute Gasteiger partial charge is 0.224 e. The standard InChI is InChI=1S/C24H28N4O4/c1-29-19-5-6-21-20(11-19)24(28-15-27-21)32-14-18-4-3-17(13-26-18)25-12-16-2-7-22-23(10-16)31-9-8-30-22/h2,5-7,10-11,15,17-18,25-26H,3-4,8-9,12-14H2,1H3/t17-,18+/m0/s1. The van der Waals surface area contributed by atoms with E-state index in [1.807, 2.05) is 24.3 Å². The monoisotopic (exact) mass is 436 g/mol. The van der Waals surface area contributed by atoms with Gasteiger partial charge in [-0.1, -0.05) is 6.07 Å². The van der Waals surface area contributed by atoms with Crippen LogP contribution in [0.1, 0.15) is 18.4 Å². The summed E-state index contributed by atoms with van der Waals surface area (Å²) in [5, 5.41) is 8.10. The van der Waals surface area contributed by atoms with Gasteiger partial charge in [-0.05, 0) is 48.7 Å². The van der Waals surface area contributed by atoms with E-state index in [0.29, 0.717) is 31.7 Å². The zero-order chi connectivity index (χ0) is 21.8. The van der Waals surface area contributed by atoms with E-state index in [-0.39, 0.29) is 6.04 Å². The summed E-state index contributed by atoms with van der Waals surface area (Å²) >= 11 is 0. The van der Waals surface area contributed by atoms with Crippen LogP contribution in [0.5, 0.6) is 23.1 Å². The number of benzene rings is 2. The summed E-state index contributed by atoms with van der Waals surface area (Å²) in [6, 6.07) is 12.6. The number of ether oxygens (including phenoxy) is 4. The molecule has 1 aromatic heterocycles. The minimum Gasteiger partial charge on any atom is -0.497 e. The van der Waals surface area contributed by atoms with Gasteiger partial charge in [0.2, 0.25) is 5.88 Å². The molecule has 2 aliphatic heterocycles. The van der Waals surface area contributed by atoms with Crippen molar-refractivity contribution in [2.75, 3.05) is 33.5 Å². The summed E-state index contributed by atoms with van der Waals surface area (Å²) < 4.78 is 22.7. The maximum absolute atomic E-state index is 6.06. The van der Waals surface area contributed by atoms with E-state index in [1.165, 1.54) is 11.9 Å². The lowest BCUT2D eigenvalue weighted by Crippen LogP contribution is -2.49. The van der Waals surface area contributed by atoms with Gasteiger partial charge in [0.05, 0.1) is 18.0 Å². The molecule has 168 valence electrons. The molecule has 0 radical (unpaired) electrons. The number of nitrogens with zero attached hydrogens (tertiary/aromatic N) is 2. The highest BCUT2D eigenvalue weighted by Crippen LogP contribution is 2.31. The number of nitrogens with one attached hydrogen (secondary N) is 2. The molecular formula is C24H28N4O4. The zero-order valence-corrected chi connectivity index (χ0v) is 18.2. The molecule has 2 N–H and O–H groups in total. The van der Waals surface area contributed by atoms with Crippen molar-refractivity contribution in [3.63, 3.8) is 0 Å². The summed E-state index contributed by atoms with van der Waals surface area (Å²) in [6.07, 6.45) is 3.66. The Labute approximate surface area is 187 Å². The number of hydrogen-bond donors (Lipinski definition) is 2. The van der Waals surface area contributed by atoms with Crippen LogP contribution in [0.3, 0.4) is 0 Å². The molecule has 0 saturated carbocycles. The van der Waals surface area contributed by atoms with Gasteiger partial charge in [-0.2, -0.15) is 0 Å². The highest BCUT2D eigenvalue weighted by Gasteiger charge is 2.21. The average molecular weight is 437 g/mol. The Kier molecular flexibility index (Phi) is 6.22. The van der Waals surface area contributed by atoms with Gasteiger partial charge in [0.15, 0.2) is 11.5 Å². The van der Waals surface area contributed by atoms with E-state index in [9.17, 15) is 0 Å². The number of hydrogen-bond acceptors (Lipinski definition) is 8. The first-order chi connectivity index (χ1) is 15.8. The van der Waals surface area contributed by atoms with Crippen molar-refractivity contribution in [2.24, 2.45) is 0 Å². The van der Waals surface area contributed by atoms with E-state index in [1.54, 1.807) is 7.11 Å². The van der Waals surface area contributed by atoms with Crippen LogP contribution in [0.25, 0.3) is 10.9 Å². The van der Waals surface area contributed by atoms with Gasteiger partial charge in [0.1, 0.15) is 31.9 Å². The molecule has 8 nitrogen and oxygen atoms in total. The Bertz CT molecular complexity index is 1070. The van der Waals surface area contributed by atoms with Crippen LogP contribution in [-0.2, 0) is 6.54 Å². The van der Waals surface area contributed by atoms with Crippen LogP contribution >= 0.6 is 0 Å². The van der Waals surface area contributed by atoms with E-state index in [0.717, 1.165) is 54.1 Å². The normalized spacial score (nSPS) is 20.2. The predicted molar refractivity (Wildman–Crippen MR) is 121 cm³/mol. The van der Waals surface area contributed by atoms with Gasteiger partial charge < -0.3 is 29.6 Å². The number of rotatable bonds is 7. The van der Waals surface area contributed by atoms with E-state index in [4.69, 9.17) is 18.9 Å². The topological polar surface area (TPSA) is 86.8 Å². The summed E-state index contributed by atoms with van der Waals surface area (Å²) in [4.78, 5) is 8.63. The molecule has 0 aliphatic carbocycles. The fourth-order valence-corrected chi connectivity index (χ4v) is 4.13. The van der Waals surface area contributed by atoms with Crippen LogP contribution in [0, 0.1) is 0 Å². The van der Waals surface area contributed by atoms with Gasteiger partial charge in [-0.25, -0.2) is 9.97 Å². The molecule has 5 rings (SSSR count). The van der Waals surface area contributed by atoms with Crippen molar-refractivity contribution in [1.29, 1.82) is 0 Å². The molecule has 0 spiro atoms. The Morgan fingerprint density at radius 3 is 2.81 bits per heavy atom. The van der Waals surface area contributed by atoms with E-state index in [2.05, 4.69) is 32.7 Å². The summed E-state index contributed by atoms with van der Waals surface area (Å²) in [5.74, 6) is 3.02. The molecule has 2 aliphatic rings. The molecule has 32 heavy (non-hydrogen) atoms. The lowest BCUT2D eigenvalue weighted by molar-refractivity contribution is 0.171. The van der Waals surface area contributed by atoms with Crippen LogP contribution in [0.4, 0.5) is 0 Å². The van der Waals surface area contributed by atoms with Crippen molar-refractivity contribution < 1.29 is 18.9 Å². The molecule has 8 heteroatoms. The minimum absolute atomic E-state index is 0.290. The van der Waals surface area contributed by atoms with Crippen molar-refractivity contribution in [3.05, 3.63) is 48.3 Å². The van der Waals surface area contributed by atoms with Crippen LogP contribution in [0.2, 0.25) is 0 Å². The van der Waals surface area contributed by atoms with E-state index < -0.39 is 0 Å². The number of fused-ring (bicyclic) bond motifs is 2. The molecule has 3 heterocycles. The molecular weight excluding hydrogens is 408 g/mol.